The molecule has 0 aromatic rings. The Kier molecular flexibility index (Phi) is 3.10. The highest BCUT2D eigenvalue weighted by Gasteiger charge is 2.33. The lowest BCUT2D eigenvalue weighted by Gasteiger charge is -2.18. The van der Waals surface area contributed by atoms with Crippen LogP contribution in [0.15, 0.2) is 36.3 Å². The fourth-order valence-electron chi connectivity index (χ4n) is 1.58. The molecule has 0 spiro atoms. The normalized spacial score (nSPS) is 20.8. The van der Waals surface area contributed by atoms with E-state index < -0.39 is 0 Å². The quantitative estimate of drug-likeness (QED) is 0.719. The van der Waals surface area contributed by atoms with Crippen LogP contribution in [-0.4, -0.2) is 35.2 Å². The number of hydrogen-bond acceptors (Lipinski definition) is 3. The van der Waals surface area contributed by atoms with Gasteiger partial charge in [0, 0.05) is 12.2 Å². The van der Waals surface area contributed by atoms with Gasteiger partial charge in [-0.1, -0.05) is 6.58 Å². The molecule has 1 N–H and O–H groups in total. The van der Waals surface area contributed by atoms with Crippen LogP contribution < -0.4 is 0 Å². The number of carbonyl (C=O) groups is 1. The zero-order valence-corrected chi connectivity index (χ0v) is 9.06. The molecule has 2 rings (SSSR count). The second-order valence-corrected chi connectivity index (χ2v) is 3.87. The number of aliphatic hydroxyl groups excluding tert-OH is 1. The maximum atomic E-state index is 12.0. The molecule has 1 heterocycles. The summed E-state index contributed by atoms with van der Waals surface area (Å²) in [6, 6.07) is 0.325. The molecule has 0 saturated heterocycles. The second-order valence-electron chi connectivity index (χ2n) is 3.87. The number of rotatable bonds is 4. The molecule has 1 fully saturated rings. The summed E-state index contributed by atoms with van der Waals surface area (Å²) in [7, 11) is 0. The lowest BCUT2D eigenvalue weighted by atomic mass is 10.2. The molecule has 4 heteroatoms. The maximum Gasteiger partial charge on any atom is 0.261 e. The maximum absolute atomic E-state index is 12.0. The van der Waals surface area contributed by atoms with E-state index in [1.54, 1.807) is 23.3 Å². The van der Waals surface area contributed by atoms with E-state index in [0.717, 1.165) is 12.8 Å². The Morgan fingerprint density at radius 2 is 2.31 bits per heavy atom. The van der Waals surface area contributed by atoms with E-state index in [4.69, 9.17) is 9.84 Å². The zero-order valence-electron chi connectivity index (χ0n) is 9.06. The predicted octanol–water partition coefficient (Wildman–Crippen LogP) is 0.954. The fraction of sp³-hybridized carbons (Fsp3) is 0.417. The second kappa shape index (κ2) is 4.53. The zero-order chi connectivity index (χ0) is 11.5. The highest BCUT2D eigenvalue weighted by molar-refractivity contribution is 5.98. The molecule has 0 aromatic carbocycles. The van der Waals surface area contributed by atoms with Crippen molar-refractivity contribution in [2.45, 2.75) is 18.9 Å². The summed E-state index contributed by atoms with van der Waals surface area (Å²) in [5, 5.41) is 8.67. The molecule has 1 aliphatic heterocycles. The van der Waals surface area contributed by atoms with Crippen LogP contribution in [0.25, 0.3) is 0 Å². The van der Waals surface area contributed by atoms with Crippen LogP contribution in [0.5, 0.6) is 0 Å². The summed E-state index contributed by atoms with van der Waals surface area (Å²) in [5.74, 6) is 0.332. The van der Waals surface area contributed by atoms with Crippen LogP contribution in [0.2, 0.25) is 0 Å². The minimum absolute atomic E-state index is 0.0745. The summed E-state index contributed by atoms with van der Waals surface area (Å²) < 4.78 is 5.26. The van der Waals surface area contributed by atoms with Gasteiger partial charge in [-0.25, -0.2) is 0 Å². The number of hydrogen-bond donors (Lipinski definition) is 1. The van der Waals surface area contributed by atoms with Crippen molar-refractivity contribution < 1.29 is 14.6 Å². The number of allylic oxidation sites excluding steroid dienone is 2. The van der Waals surface area contributed by atoms with E-state index in [-0.39, 0.29) is 19.1 Å². The smallest absolute Gasteiger partial charge is 0.261 e. The highest BCUT2D eigenvalue weighted by atomic mass is 16.5. The molecule has 0 atom stereocenters. The third-order valence-electron chi connectivity index (χ3n) is 2.57. The Morgan fingerprint density at radius 3 is 2.94 bits per heavy atom. The summed E-state index contributed by atoms with van der Waals surface area (Å²) in [4.78, 5) is 13.7. The first-order valence-corrected chi connectivity index (χ1v) is 5.38. The molecule has 2 aliphatic rings. The first kappa shape index (κ1) is 11.0. The SMILES string of the molecule is C=C1C(=O)N(C2CC2)C=CC=C1OCCO. The van der Waals surface area contributed by atoms with E-state index in [1.165, 1.54) is 0 Å². The van der Waals surface area contributed by atoms with E-state index in [0.29, 0.717) is 17.4 Å². The van der Waals surface area contributed by atoms with Crippen molar-refractivity contribution in [1.82, 2.24) is 4.90 Å². The van der Waals surface area contributed by atoms with E-state index >= 15 is 0 Å². The molecule has 0 aromatic heterocycles. The third-order valence-corrected chi connectivity index (χ3v) is 2.57. The molecule has 0 unspecified atom stereocenters. The van der Waals surface area contributed by atoms with Gasteiger partial charge >= 0.3 is 0 Å². The molecule has 0 radical (unpaired) electrons. The third kappa shape index (κ3) is 2.17. The van der Waals surface area contributed by atoms with Gasteiger partial charge in [0.15, 0.2) is 0 Å². The molecule has 1 amide bonds. The first-order chi connectivity index (χ1) is 7.74. The number of ether oxygens (including phenoxy) is 1. The minimum atomic E-state index is -0.111. The van der Waals surface area contributed by atoms with Gasteiger partial charge in [0.25, 0.3) is 5.91 Å². The average Bonchev–Trinajstić information content (AvgIpc) is 3.10. The Balaban J connectivity index is 2.09. The van der Waals surface area contributed by atoms with Crippen LogP contribution in [-0.2, 0) is 9.53 Å². The number of nitrogens with zero attached hydrogens (tertiary/aromatic N) is 1. The van der Waals surface area contributed by atoms with Crippen LogP contribution in [0.1, 0.15) is 12.8 Å². The monoisotopic (exact) mass is 221 g/mol. The van der Waals surface area contributed by atoms with Crippen molar-refractivity contribution in [1.29, 1.82) is 0 Å². The molecule has 0 bridgehead atoms. The molecule has 4 nitrogen and oxygen atoms in total. The van der Waals surface area contributed by atoms with E-state index in [9.17, 15) is 4.79 Å². The van der Waals surface area contributed by atoms with Crippen molar-refractivity contribution in [3.63, 3.8) is 0 Å². The van der Waals surface area contributed by atoms with Gasteiger partial charge in [-0.15, -0.1) is 0 Å². The topological polar surface area (TPSA) is 49.8 Å². The van der Waals surface area contributed by atoms with E-state index in [2.05, 4.69) is 6.58 Å². The molecule has 16 heavy (non-hydrogen) atoms. The predicted molar refractivity (Wildman–Crippen MR) is 59.3 cm³/mol. The standard InChI is InChI=1S/C12H15NO3/c1-9-11(16-8-7-14)3-2-6-13(12(9)15)10-4-5-10/h2-3,6,10,14H,1,4-5,7-8H2. The molecule has 86 valence electrons. The highest BCUT2D eigenvalue weighted by Crippen LogP contribution is 2.30. The lowest BCUT2D eigenvalue weighted by Crippen LogP contribution is -2.28. The Bertz CT molecular complexity index is 366. The van der Waals surface area contributed by atoms with Gasteiger partial charge < -0.3 is 14.7 Å². The largest absolute Gasteiger partial charge is 0.490 e. The van der Waals surface area contributed by atoms with Crippen molar-refractivity contribution in [3.05, 3.63) is 36.3 Å². The number of amides is 1. The Morgan fingerprint density at radius 1 is 1.56 bits per heavy atom. The summed E-state index contributed by atoms with van der Waals surface area (Å²) in [6.07, 6.45) is 7.35. The van der Waals surface area contributed by atoms with Crippen LogP contribution in [0.3, 0.4) is 0 Å². The summed E-state index contributed by atoms with van der Waals surface area (Å²) >= 11 is 0. The van der Waals surface area contributed by atoms with Gasteiger partial charge in [0.05, 0.1) is 12.2 Å². The number of aliphatic hydroxyl groups is 1. The Labute approximate surface area is 94.5 Å². The van der Waals surface area contributed by atoms with Crippen LogP contribution in [0.4, 0.5) is 0 Å². The summed E-state index contributed by atoms with van der Waals surface area (Å²) in [5.41, 5.74) is 0.352. The van der Waals surface area contributed by atoms with Gasteiger partial charge in [0.1, 0.15) is 12.4 Å². The van der Waals surface area contributed by atoms with E-state index in [1.807, 2.05) is 0 Å². The minimum Gasteiger partial charge on any atom is -0.490 e. The van der Waals surface area contributed by atoms with Crippen molar-refractivity contribution in [2.24, 2.45) is 0 Å². The van der Waals surface area contributed by atoms with Crippen molar-refractivity contribution >= 4 is 5.91 Å². The van der Waals surface area contributed by atoms with Gasteiger partial charge in [-0.05, 0) is 25.0 Å². The molecular weight excluding hydrogens is 206 g/mol. The van der Waals surface area contributed by atoms with Crippen molar-refractivity contribution in [2.75, 3.05) is 13.2 Å². The molecule has 1 saturated carbocycles. The average molecular weight is 221 g/mol. The lowest BCUT2D eigenvalue weighted by molar-refractivity contribution is -0.125. The molecular formula is C12H15NO3. The first-order valence-electron chi connectivity index (χ1n) is 5.38. The van der Waals surface area contributed by atoms with Gasteiger partial charge in [-0.3, -0.25) is 4.79 Å². The van der Waals surface area contributed by atoms with Gasteiger partial charge in [0.2, 0.25) is 0 Å². The van der Waals surface area contributed by atoms with Gasteiger partial charge in [-0.2, -0.15) is 0 Å². The molecule has 1 aliphatic carbocycles. The number of carbonyl (C=O) groups excluding carboxylic acids is 1. The van der Waals surface area contributed by atoms with Crippen molar-refractivity contribution in [3.8, 4) is 0 Å². The fourth-order valence-corrected chi connectivity index (χ4v) is 1.58. The van der Waals surface area contributed by atoms with Crippen LogP contribution in [0, 0.1) is 0 Å². The summed E-state index contributed by atoms with van der Waals surface area (Å²) in [6.45, 7) is 3.85. The van der Waals surface area contributed by atoms with Crippen LogP contribution >= 0.6 is 0 Å². The Hall–Kier alpha value is -1.55.